The summed E-state index contributed by atoms with van der Waals surface area (Å²) in [4.78, 5) is 40.3. The number of benzene rings is 2. The molecule has 3 aliphatic rings. The number of halogens is 1. The van der Waals surface area contributed by atoms with Crippen LogP contribution in [0.1, 0.15) is 67.6 Å². The van der Waals surface area contributed by atoms with E-state index in [-0.39, 0.29) is 24.5 Å². The van der Waals surface area contributed by atoms with Gasteiger partial charge < -0.3 is 19.5 Å². The summed E-state index contributed by atoms with van der Waals surface area (Å²) in [7, 11) is 1.54. The minimum Gasteiger partial charge on any atom is -0.493 e. The van der Waals surface area contributed by atoms with Gasteiger partial charge in [0.15, 0.2) is 23.1 Å². The second kappa shape index (κ2) is 11.3. The number of carbonyl (C=O) groups excluding carboxylic acids is 2. The molecule has 0 aromatic heterocycles. The van der Waals surface area contributed by atoms with Gasteiger partial charge in [-0.3, -0.25) is 14.4 Å². The number of aliphatic carboxylic acids is 1. The number of carbonyl (C=O) groups is 3. The minimum atomic E-state index is -0.913. The van der Waals surface area contributed by atoms with Crippen LogP contribution in [0.15, 0.2) is 58.9 Å². The zero-order chi connectivity index (χ0) is 27.7. The van der Waals surface area contributed by atoms with Crippen LogP contribution in [-0.4, -0.2) is 41.2 Å². The number of ketones is 2. The predicted molar refractivity (Wildman–Crippen MR) is 147 cm³/mol. The standard InChI is InChI=1S/C31H32ClNO6/c1-18-9-11-19(12-10-18)17-39-31-21(32)15-20(16-26(31)38-2)28-29-22(5-3-7-24(29)34)33(14-13-27(36)37)23-6-4-8-25(35)30(23)28/h9-12,15-16,28H,3-8,13-14,17H2,1-2H3,(H,36,37). The maximum atomic E-state index is 13.4. The van der Waals surface area contributed by atoms with Crippen molar-refractivity contribution < 1.29 is 29.0 Å². The van der Waals surface area contributed by atoms with Crippen molar-refractivity contribution in [1.82, 2.24) is 4.90 Å². The minimum absolute atomic E-state index is 0.0127. The number of carboxylic acid groups (broad SMARTS) is 1. The second-order valence-corrected chi connectivity index (χ2v) is 10.7. The fourth-order valence-electron chi connectivity index (χ4n) is 5.91. The normalized spacial score (nSPS) is 17.8. The molecule has 8 heteroatoms. The number of methoxy groups -OCH3 is 1. The van der Waals surface area contributed by atoms with Gasteiger partial charge in [0.05, 0.1) is 18.6 Å². The molecule has 0 bridgehead atoms. The Balaban J connectivity index is 1.58. The third-order valence-electron chi connectivity index (χ3n) is 7.72. The number of carboxylic acids is 1. The van der Waals surface area contributed by atoms with Crippen molar-refractivity contribution in [2.24, 2.45) is 0 Å². The molecule has 39 heavy (non-hydrogen) atoms. The lowest BCUT2D eigenvalue weighted by Gasteiger charge is -2.44. The third-order valence-corrected chi connectivity index (χ3v) is 8.01. The molecule has 0 spiro atoms. The van der Waals surface area contributed by atoms with Crippen molar-refractivity contribution in [2.45, 2.75) is 64.4 Å². The molecule has 0 atom stereocenters. The average Bonchev–Trinajstić information content (AvgIpc) is 2.91. The van der Waals surface area contributed by atoms with Crippen LogP contribution >= 0.6 is 11.6 Å². The lowest BCUT2D eigenvalue weighted by molar-refractivity contribution is -0.137. The van der Waals surface area contributed by atoms with E-state index in [1.165, 1.54) is 7.11 Å². The van der Waals surface area contributed by atoms with Gasteiger partial charge in [0.1, 0.15) is 6.61 Å². The maximum absolute atomic E-state index is 13.4. The molecule has 7 nitrogen and oxygen atoms in total. The Morgan fingerprint density at radius 2 is 1.62 bits per heavy atom. The molecule has 204 valence electrons. The van der Waals surface area contributed by atoms with Crippen molar-refractivity contribution in [3.63, 3.8) is 0 Å². The van der Waals surface area contributed by atoms with Crippen LogP contribution in [0, 0.1) is 6.92 Å². The molecule has 5 rings (SSSR count). The Morgan fingerprint density at radius 3 is 2.18 bits per heavy atom. The zero-order valence-corrected chi connectivity index (χ0v) is 23.0. The first-order valence-corrected chi connectivity index (χ1v) is 13.7. The summed E-state index contributed by atoms with van der Waals surface area (Å²) in [6.07, 6.45) is 3.41. The molecule has 0 radical (unpaired) electrons. The lowest BCUT2D eigenvalue weighted by atomic mass is 9.71. The Morgan fingerprint density at radius 1 is 1.00 bits per heavy atom. The average molecular weight is 550 g/mol. The molecule has 1 aliphatic heterocycles. The Hall–Kier alpha value is -3.58. The third kappa shape index (κ3) is 5.33. The highest BCUT2D eigenvalue weighted by Crippen LogP contribution is 2.51. The summed E-state index contributed by atoms with van der Waals surface area (Å²) in [5, 5.41) is 9.71. The van der Waals surface area contributed by atoms with E-state index in [2.05, 4.69) is 0 Å². The number of rotatable bonds is 8. The van der Waals surface area contributed by atoms with Crippen molar-refractivity contribution in [3.8, 4) is 11.5 Å². The van der Waals surface area contributed by atoms with Crippen LogP contribution in [-0.2, 0) is 21.0 Å². The molecular formula is C31H32ClNO6. The topological polar surface area (TPSA) is 93.1 Å². The van der Waals surface area contributed by atoms with Crippen molar-refractivity contribution in [1.29, 1.82) is 0 Å². The lowest BCUT2D eigenvalue weighted by Crippen LogP contribution is -2.39. The first-order chi connectivity index (χ1) is 18.8. The van der Waals surface area contributed by atoms with Gasteiger partial charge in [-0.05, 0) is 55.9 Å². The fraction of sp³-hybridized carbons (Fsp3) is 0.387. The molecule has 1 heterocycles. The molecule has 0 unspecified atom stereocenters. The predicted octanol–water partition coefficient (Wildman–Crippen LogP) is 6.12. The van der Waals surface area contributed by atoms with E-state index in [9.17, 15) is 19.5 Å². The van der Waals surface area contributed by atoms with Crippen LogP contribution in [0.4, 0.5) is 0 Å². The number of nitrogens with zero attached hydrogens (tertiary/aromatic N) is 1. The fourth-order valence-corrected chi connectivity index (χ4v) is 6.19. The highest BCUT2D eigenvalue weighted by molar-refractivity contribution is 6.32. The maximum Gasteiger partial charge on any atom is 0.305 e. The van der Waals surface area contributed by atoms with Crippen LogP contribution < -0.4 is 9.47 Å². The smallest absolute Gasteiger partial charge is 0.305 e. The van der Waals surface area contributed by atoms with Crippen molar-refractivity contribution in [2.75, 3.05) is 13.7 Å². The molecule has 0 saturated heterocycles. The van der Waals surface area contributed by atoms with Crippen LogP contribution in [0.5, 0.6) is 11.5 Å². The Kier molecular flexibility index (Phi) is 7.80. The molecule has 2 aromatic rings. The Bertz CT molecular complexity index is 1350. The van der Waals surface area contributed by atoms with E-state index in [0.717, 1.165) is 22.5 Å². The van der Waals surface area contributed by atoms with E-state index < -0.39 is 11.9 Å². The molecule has 0 fully saturated rings. The quantitative estimate of drug-likeness (QED) is 0.423. The van der Waals surface area contributed by atoms with Gasteiger partial charge in [-0.2, -0.15) is 0 Å². The number of hydrogen-bond acceptors (Lipinski definition) is 6. The molecular weight excluding hydrogens is 518 g/mol. The molecule has 2 aliphatic carbocycles. The number of aryl methyl sites for hydroxylation is 1. The van der Waals surface area contributed by atoms with E-state index >= 15 is 0 Å². The summed E-state index contributed by atoms with van der Waals surface area (Å²) in [6, 6.07) is 11.6. The van der Waals surface area contributed by atoms with Crippen LogP contribution in [0.25, 0.3) is 0 Å². The largest absolute Gasteiger partial charge is 0.493 e. The number of hydrogen-bond donors (Lipinski definition) is 1. The highest BCUT2D eigenvalue weighted by Gasteiger charge is 2.43. The van der Waals surface area contributed by atoms with E-state index in [0.29, 0.717) is 78.4 Å². The van der Waals surface area contributed by atoms with E-state index in [1.807, 2.05) is 42.2 Å². The Labute approximate surface area is 233 Å². The van der Waals surface area contributed by atoms with Gasteiger partial charge in [-0.25, -0.2) is 0 Å². The van der Waals surface area contributed by atoms with Crippen molar-refractivity contribution in [3.05, 3.63) is 80.7 Å². The first-order valence-electron chi connectivity index (χ1n) is 13.4. The van der Waals surface area contributed by atoms with Crippen molar-refractivity contribution >= 4 is 29.1 Å². The zero-order valence-electron chi connectivity index (χ0n) is 22.2. The summed E-state index contributed by atoms with van der Waals surface area (Å²) in [5.41, 5.74) is 5.66. The molecule has 0 saturated carbocycles. The summed E-state index contributed by atoms with van der Waals surface area (Å²) >= 11 is 6.78. The SMILES string of the molecule is COc1cc(C2C3=C(CCCC3=O)N(CCC(=O)O)C3=C2C(=O)CCC3)cc(Cl)c1OCc1ccc(C)cc1. The van der Waals surface area contributed by atoms with Gasteiger partial charge in [-0.1, -0.05) is 41.4 Å². The van der Waals surface area contributed by atoms with Crippen LogP contribution in [0.2, 0.25) is 5.02 Å². The first kappa shape index (κ1) is 27.0. The number of ether oxygens (including phenoxy) is 2. The van der Waals surface area contributed by atoms with E-state index in [4.69, 9.17) is 21.1 Å². The van der Waals surface area contributed by atoms with Gasteiger partial charge in [0.25, 0.3) is 0 Å². The van der Waals surface area contributed by atoms with Gasteiger partial charge in [0, 0.05) is 47.8 Å². The van der Waals surface area contributed by atoms with Gasteiger partial charge in [-0.15, -0.1) is 0 Å². The monoisotopic (exact) mass is 549 g/mol. The molecule has 1 N–H and O–H groups in total. The van der Waals surface area contributed by atoms with E-state index in [1.54, 1.807) is 6.07 Å². The molecule has 2 aromatic carbocycles. The van der Waals surface area contributed by atoms with Gasteiger partial charge in [0.2, 0.25) is 0 Å². The highest BCUT2D eigenvalue weighted by atomic mass is 35.5. The van der Waals surface area contributed by atoms with Crippen LogP contribution in [0.3, 0.4) is 0 Å². The molecule has 0 amide bonds. The second-order valence-electron chi connectivity index (χ2n) is 10.3. The number of allylic oxidation sites excluding steroid dienone is 4. The van der Waals surface area contributed by atoms with Gasteiger partial charge >= 0.3 is 5.97 Å². The number of Topliss-reactive ketones (excluding diaryl/α,β-unsaturated/α-hetero) is 2. The summed E-state index contributed by atoms with van der Waals surface area (Å²) < 4.78 is 11.8. The summed E-state index contributed by atoms with van der Waals surface area (Å²) in [5.74, 6) is -0.690. The summed E-state index contributed by atoms with van der Waals surface area (Å²) in [6.45, 7) is 2.56.